The minimum atomic E-state index is -0.709. The number of nitrogens with zero attached hydrogens (tertiary/aromatic N) is 1. The summed E-state index contributed by atoms with van der Waals surface area (Å²) in [7, 11) is 1.48. The molecular formula is C29H25Cl2N3O6. The van der Waals surface area contributed by atoms with E-state index in [9.17, 15) is 19.2 Å². The monoisotopic (exact) mass is 581 g/mol. The van der Waals surface area contributed by atoms with Crippen LogP contribution in [0.3, 0.4) is 0 Å². The van der Waals surface area contributed by atoms with Crippen LogP contribution in [0, 0.1) is 0 Å². The van der Waals surface area contributed by atoms with Crippen molar-refractivity contribution in [1.82, 2.24) is 0 Å². The second-order valence-corrected chi connectivity index (χ2v) is 9.49. The summed E-state index contributed by atoms with van der Waals surface area (Å²) >= 11 is 12.3. The van der Waals surface area contributed by atoms with Gasteiger partial charge in [-0.2, -0.15) is 0 Å². The zero-order chi connectivity index (χ0) is 28.8. The highest BCUT2D eigenvalue weighted by Crippen LogP contribution is 2.31. The van der Waals surface area contributed by atoms with Crippen molar-refractivity contribution in [3.05, 3.63) is 93.6 Å². The van der Waals surface area contributed by atoms with Crippen LogP contribution >= 0.6 is 23.2 Å². The Hall–Kier alpha value is -4.34. The van der Waals surface area contributed by atoms with Crippen LogP contribution in [-0.2, 0) is 14.3 Å². The van der Waals surface area contributed by atoms with Gasteiger partial charge in [0.25, 0.3) is 17.7 Å². The fourth-order valence-corrected chi connectivity index (χ4v) is 4.19. The summed E-state index contributed by atoms with van der Waals surface area (Å²) in [5.74, 6) is -1.81. The maximum absolute atomic E-state index is 13.1. The number of methoxy groups -OCH3 is 1. The van der Waals surface area contributed by atoms with Crippen LogP contribution in [0.2, 0.25) is 5.02 Å². The highest BCUT2D eigenvalue weighted by molar-refractivity contribution is 6.53. The quantitative estimate of drug-likeness (QED) is 0.171. The van der Waals surface area contributed by atoms with Crippen LogP contribution < -0.4 is 20.3 Å². The Morgan fingerprint density at radius 3 is 2.23 bits per heavy atom. The van der Waals surface area contributed by atoms with Crippen molar-refractivity contribution in [3.8, 4) is 5.75 Å². The highest BCUT2D eigenvalue weighted by atomic mass is 35.5. The van der Waals surface area contributed by atoms with Gasteiger partial charge in [0.1, 0.15) is 16.5 Å². The average molecular weight is 582 g/mol. The van der Waals surface area contributed by atoms with Gasteiger partial charge in [-0.05, 0) is 73.2 Å². The molecule has 1 heterocycles. The lowest BCUT2D eigenvalue weighted by Gasteiger charge is -2.15. The van der Waals surface area contributed by atoms with E-state index < -0.39 is 23.7 Å². The van der Waals surface area contributed by atoms with E-state index in [2.05, 4.69) is 10.6 Å². The number of ether oxygens (including phenoxy) is 2. The van der Waals surface area contributed by atoms with E-state index in [0.29, 0.717) is 39.9 Å². The first kappa shape index (κ1) is 28.7. The fraction of sp³-hybridized carbons (Fsp3) is 0.172. The summed E-state index contributed by atoms with van der Waals surface area (Å²) < 4.78 is 10.4. The molecule has 1 aliphatic heterocycles. The fourth-order valence-electron chi connectivity index (χ4n) is 3.81. The molecule has 2 N–H and O–H groups in total. The van der Waals surface area contributed by atoms with E-state index >= 15 is 0 Å². The number of carbonyl (C=O) groups excluding carboxylic acids is 4. The van der Waals surface area contributed by atoms with Crippen LogP contribution in [0.1, 0.15) is 40.5 Å². The Labute approximate surface area is 240 Å². The number of nitrogens with one attached hydrogen (secondary N) is 2. The molecule has 0 saturated carbocycles. The Bertz CT molecular complexity index is 1490. The number of unbranched alkanes of at least 4 members (excludes halogenated alkanes) is 1. The number of hydrogen-bond acceptors (Lipinski definition) is 7. The van der Waals surface area contributed by atoms with Gasteiger partial charge in [0, 0.05) is 16.3 Å². The molecule has 4 rings (SSSR count). The van der Waals surface area contributed by atoms with Gasteiger partial charge in [0.05, 0.1) is 30.7 Å². The third-order valence-corrected chi connectivity index (χ3v) is 6.53. The summed E-state index contributed by atoms with van der Waals surface area (Å²) in [6, 6.07) is 17.0. The van der Waals surface area contributed by atoms with E-state index in [1.165, 1.54) is 31.4 Å². The number of anilines is 3. The maximum atomic E-state index is 13.1. The first-order valence-electron chi connectivity index (χ1n) is 12.3. The first-order chi connectivity index (χ1) is 19.2. The zero-order valence-electron chi connectivity index (χ0n) is 21.6. The van der Waals surface area contributed by atoms with Crippen LogP contribution in [-0.4, -0.2) is 37.4 Å². The number of rotatable bonds is 10. The topological polar surface area (TPSA) is 114 Å². The van der Waals surface area contributed by atoms with Gasteiger partial charge < -0.3 is 20.1 Å². The minimum Gasteiger partial charge on any atom is -0.495 e. The lowest BCUT2D eigenvalue weighted by molar-refractivity contribution is -0.120. The molecule has 0 radical (unpaired) electrons. The number of hydrogen-bond donors (Lipinski definition) is 2. The van der Waals surface area contributed by atoms with Crippen molar-refractivity contribution < 1.29 is 28.7 Å². The van der Waals surface area contributed by atoms with Gasteiger partial charge in [-0.1, -0.05) is 36.5 Å². The molecular weight excluding hydrogens is 557 g/mol. The lowest BCUT2D eigenvalue weighted by atomic mass is 10.1. The molecule has 0 atom stereocenters. The van der Waals surface area contributed by atoms with Crippen molar-refractivity contribution in [2.75, 3.05) is 29.3 Å². The van der Waals surface area contributed by atoms with Gasteiger partial charge >= 0.3 is 5.97 Å². The van der Waals surface area contributed by atoms with E-state index in [1.807, 2.05) is 6.92 Å². The number of amides is 3. The Balaban J connectivity index is 1.43. The second kappa shape index (κ2) is 12.7. The second-order valence-electron chi connectivity index (χ2n) is 8.67. The molecule has 206 valence electrons. The minimum absolute atomic E-state index is 0.115. The van der Waals surface area contributed by atoms with Crippen LogP contribution in [0.15, 0.2) is 77.5 Å². The third-order valence-electron chi connectivity index (χ3n) is 5.95. The molecule has 0 unspecified atom stereocenters. The average Bonchev–Trinajstić information content (AvgIpc) is 3.16. The van der Waals surface area contributed by atoms with Crippen LogP contribution in [0.4, 0.5) is 17.1 Å². The SMILES string of the molecule is CCCCOC(=O)c1ccc(N2C(=O)C(Cl)=C(Nc3ccc(C(=O)Nc4cc(Cl)ccc4OC)cc3)C2=O)cc1. The summed E-state index contributed by atoms with van der Waals surface area (Å²) in [6.07, 6.45) is 1.66. The molecule has 0 aromatic heterocycles. The van der Waals surface area contributed by atoms with Gasteiger partial charge in [0.15, 0.2) is 0 Å². The molecule has 3 aromatic rings. The first-order valence-corrected chi connectivity index (χ1v) is 13.1. The summed E-state index contributed by atoms with van der Waals surface area (Å²) in [4.78, 5) is 51.7. The molecule has 40 heavy (non-hydrogen) atoms. The summed E-state index contributed by atoms with van der Waals surface area (Å²) in [5, 5.41) is 5.76. The van der Waals surface area contributed by atoms with Crippen molar-refractivity contribution in [2.45, 2.75) is 19.8 Å². The van der Waals surface area contributed by atoms with Gasteiger partial charge in [0.2, 0.25) is 0 Å². The molecule has 3 amide bonds. The van der Waals surface area contributed by atoms with Crippen LogP contribution in [0.5, 0.6) is 5.75 Å². The van der Waals surface area contributed by atoms with Crippen molar-refractivity contribution in [2.24, 2.45) is 0 Å². The Morgan fingerprint density at radius 2 is 1.57 bits per heavy atom. The van der Waals surface area contributed by atoms with Crippen molar-refractivity contribution in [3.63, 3.8) is 0 Å². The normalized spacial score (nSPS) is 12.9. The molecule has 0 bridgehead atoms. The van der Waals surface area contributed by atoms with Gasteiger partial charge in [-0.25, -0.2) is 9.69 Å². The van der Waals surface area contributed by atoms with Crippen molar-refractivity contribution >= 4 is 64.0 Å². The van der Waals surface area contributed by atoms with Crippen molar-refractivity contribution in [1.29, 1.82) is 0 Å². The molecule has 0 spiro atoms. The predicted molar refractivity (Wildman–Crippen MR) is 153 cm³/mol. The number of carbonyl (C=O) groups is 4. The van der Waals surface area contributed by atoms with Gasteiger partial charge in [-0.15, -0.1) is 0 Å². The molecule has 0 saturated heterocycles. The number of esters is 1. The largest absolute Gasteiger partial charge is 0.495 e. The Morgan fingerprint density at radius 1 is 0.900 bits per heavy atom. The number of imide groups is 1. The lowest BCUT2D eigenvalue weighted by Crippen LogP contribution is -2.32. The van der Waals surface area contributed by atoms with E-state index in [0.717, 1.165) is 17.7 Å². The molecule has 1 aliphatic rings. The maximum Gasteiger partial charge on any atom is 0.338 e. The molecule has 11 heteroatoms. The molecule has 3 aromatic carbocycles. The highest BCUT2D eigenvalue weighted by Gasteiger charge is 2.39. The molecule has 0 fully saturated rings. The number of benzene rings is 3. The summed E-state index contributed by atoms with van der Waals surface area (Å²) in [6.45, 7) is 2.31. The van der Waals surface area contributed by atoms with E-state index in [-0.39, 0.29) is 16.4 Å². The van der Waals surface area contributed by atoms with E-state index in [4.69, 9.17) is 32.7 Å². The third kappa shape index (κ3) is 6.27. The standard InChI is InChI=1S/C29H25Cl2N3O6/c1-3-4-15-40-29(38)18-7-12-21(13-8-18)34-27(36)24(31)25(28(34)37)32-20-10-5-17(6-11-20)26(35)33-22-16-19(30)9-14-23(22)39-2/h5-14,16,32H,3-4,15H2,1-2H3,(H,33,35). The Kier molecular flexibility index (Phi) is 9.08. The summed E-state index contributed by atoms with van der Waals surface area (Å²) in [5.41, 5.74) is 1.61. The van der Waals surface area contributed by atoms with Crippen LogP contribution in [0.25, 0.3) is 0 Å². The molecule has 0 aliphatic carbocycles. The number of halogens is 2. The smallest absolute Gasteiger partial charge is 0.338 e. The molecule has 9 nitrogen and oxygen atoms in total. The zero-order valence-corrected chi connectivity index (χ0v) is 23.1. The van der Waals surface area contributed by atoms with Gasteiger partial charge in [-0.3, -0.25) is 14.4 Å². The van der Waals surface area contributed by atoms with E-state index in [1.54, 1.807) is 42.5 Å². The predicted octanol–water partition coefficient (Wildman–Crippen LogP) is 5.99.